The molecule has 2 N–H and O–H groups in total. The number of nitrogens with zero attached hydrogens (tertiary/aromatic N) is 1. The minimum atomic E-state index is -0.367. The Labute approximate surface area is 176 Å². The number of ether oxygens (including phenoxy) is 3. The molecule has 0 fully saturated rings. The van der Waals surface area contributed by atoms with Crippen molar-refractivity contribution in [1.82, 2.24) is 5.43 Å². The molecule has 0 radical (unpaired) electrons. The summed E-state index contributed by atoms with van der Waals surface area (Å²) in [6.45, 7) is 4.82. The van der Waals surface area contributed by atoms with Crippen molar-refractivity contribution in [3.05, 3.63) is 48.0 Å². The molecule has 0 aromatic heterocycles. The normalized spacial score (nSPS) is 10.5. The molecule has 8 heteroatoms. The van der Waals surface area contributed by atoms with Gasteiger partial charge in [-0.15, -0.1) is 0 Å². The number of nitrogens with one attached hydrogen (secondary N) is 2. The van der Waals surface area contributed by atoms with Gasteiger partial charge < -0.3 is 19.5 Å². The van der Waals surface area contributed by atoms with E-state index in [1.54, 1.807) is 49.6 Å². The fraction of sp³-hybridized carbons (Fsp3) is 0.318. The van der Waals surface area contributed by atoms with Crippen LogP contribution in [0.25, 0.3) is 0 Å². The van der Waals surface area contributed by atoms with E-state index < -0.39 is 0 Å². The van der Waals surface area contributed by atoms with E-state index in [9.17, 15) is 9.59 Å². The zero-order valence-corrected chi connectivity index (χ0v) is 17.4. The zero-order chi connectivity index (χ0) is 21.8. The van der Waals surface area contributed by atoms with E-state index in [1.165, 1.54) is 6.21 Å². The van der Waals surface area contributed by atoms with Crippen molar-refractivity contribution in [2.45, 2.75) is 26.7 Å². The van der Waals surface area contributed by atoms with Gasteiger partial charge in [-0.25, -0.2) is 5.43 Å². The molecule has 0 bridgehead atoms. The second kappa shape index (κ2) is 12.1. The maximum Gasteiger partial charge on any atom is 0.240 e. The second-order valence-electron chi connectivity index (χ2n) is 6.11. The smallest absolute Gasteiger partial charge is 0.240 e. The van der Waals surface area contributed by atoms with Crippen molar-refractivity contribution >= 4 is 23.7 Å². The molecular formula is C22H27N3O5. The summed E-state index contributed by atoms with van der Waals surface area (Å²) >= 11 is 0. The summed E-state index contributed by atoms with van der Waals surface area (Å²) < 4.78 is 16.2. The second-order valence-corrected chi connectivity index (χ2v) is 6.11. The standard InChI is InChI=1S/C22H27N3O5/c1-4-29-18-11-9-17(10-12-18)24-20(26)13-14-21(27)25-23-15-16-7-6-8-19(28-3)22(16)30-5-2/h6-12,15H,4-5,13-14H2,1-3H3,(H,24,26)(H,25,27). The molecule has 0 atom stereocenters. The molecular weight excluding hydrogens is 386 g/mol. The van der Waals surface area contributed by atoms with Gasteiger partial charge in [0.25, 0.3) is 0 Å². The van der Waals surface area contributed by atoms with E-state index in [4.69, 9.17) is 14.2 Å². The van der Waals surface area contributed by atoms with Crippen LogP contribution in [0, 0.1) is 0 Å². The Morgan fingerprint density at radius 3 is 2.33 bits per heavy atom. The third-order valence-corrected chi connectivity index (χ3v) is 3.94. The van der Waals surface area contributed by atoms with Gasteiger partial charge in [0.2, 0.25) is 11.8 Å². The summed E-state index contributed by atoms with van der Waals surface area (Å²) in [4.78, 5) is 24.0. The fourth-order valence-corrected chi connectivity index (χ4v) is 2.58. The van der Waals surface area contributed by atoms with Crippen molar-refractivity contribution in [3.63, 3.8) is 0 Å². The van der Waals surface area contributed by atoms with Gasteiger partial charge in [-0.05, 0) is 50.2 Å². The molecule has 0 aliphatic rings. The molecule has 0 aliphatic heterocycles. The molecule has 8 nitrogen and oxygen atoms in total. The van der Waals surface area contributed by atoms with Gasteiger partial charge in [0.15, 0.2) is 11.5 Å². The molecule has 0 aliphatic carbocycles. The van der Waals surface area contributed by atoms with Crippen molar-refractivity contribution < 1.29 is 23.8 Å². The van der Waals surface area contributed by atoms with E-state index in [-0.39, 0.29) is 24.7 Å². The molecule has 2 amide bonds. The predicted octanol–water partition coefficient (Wildman–Crippen LogP) is 3.36. The van der Waals surface area contributed by atoms with Gasteiger partial charge in [0.1, 0.15) is 5.75 Å². The first-order valence-corrected chi connectivity index (χ1v) is 9.71. The van der Waals surface area contributed by atoms with Gasteiger partial charge in [0, 0.05) is 24.1 Å². The number of carbonyl (C=O) groups is 2. The Kier molecular flexibility index (Phi) is 9.18. The lowest BCUT2D eigenvalue weighted by Gasteiger charge is -2.11. The Hall–Kier alpha value is -3.55. The van der Waals surface area contributed by atoms with E-state index >= 15 is 0 Å². The largest absolute Gasteiger partial charge is 0.494 e. The first-order valence-electron chi connectivity index (χ1n) is 9.71. The average Bonchev–Trinajstić information content (AvgIpc) is 2.75. The average molecular weight is 413 g/mol. The molecule has 160 valence electrons. The molecule has 0 saturated carbocycles. The summed E-state index contributed by atoms with van der Waals surface area (Å²) in [5.74, 6) is 1.24. The van der Waals surface area contributed by atoms with E-state index in [0.29, 0.717) is 36.0 Å². The molecule has 0 spiro atoms. The molecule has 2 rings (SSSR count). The molecule has 0 heterocycles. The highest BCUT2D eigenvalue weighted by atomic mass is 16.5. The third-order valence-electron chi connectivity index (χ3n) is 3.94. The van der Waals surface area contributed by atoms with Gasteiger partial charge in [0.05, 0.1) is 26.5 Å². The lowest BCUT2D eigenvalue weighted by Crippen LogP contribution is -2.20. The van der Waals surface area contributed by atoms with Crippen LogP contribution in [-0.4, -0.2) is 38.4 Å². The van der Waals surface area contributed by atoms with Crippen LogP contribution in [-0.2, 0) is 9.59 Å². The minimum Gasteiger partial charge on any atom is -0.494 e. The highest BCUT2D eigenvalue weighted by Gasteiger charge is 2.09. The molecule has 0 saturated heterocycles. The maximum absolute atomic E-state index is 12.0. The van der Waals surface area contributed by atoms with Crippen LogP contribution in [0.2, 0.25) is 0 Å². The highest BCUT2D eigenvalue weighted by molar-refractivity contribution is 5.93. The van der Waals surface area contributed by atoms with Crippen LogP contribution in [0.1, 0.15) is 32.3 Å². The summed E-state index contributed by atoms with van der Waals surface area (Å²) in [6, 6.07) is 12.4. The summed E-state index contributed by atoms with van der Waals surface area (Å²) in [6.07, 6.45) is 1.53. The summed E-state index contributed by atoms with van der Waals surface area (Å²) in [7, 11) is 1.55. The van der Waals surface area contributed by atoms with Crippen LogP contribution in [0.5, 0.6) is 17.2 Å². The Bertz CT molecular complexity index is 866. The van der Waals surface area contributed by atoms with Crippen molar-refractivity contribution in [2.24, 2.45) is 5.10 Å². The van der Waals surface area contributed by atoms with E-state index in [0.717, 1.165) is 5.75 Å². The van der Waals surface area contributed by atoms with Crippen molar-refractivity contribution in [2.75, 3.05) is 25.6 Å². The SMILES string of the molecule is CCOc1ccc(NC(=O)CCC(=O)NN=Cc2cccc(OC)c2OCC)cc1. The predicted molar refractivity (Wildman–Crippen MR) is 115 cm³/mol. The molecule has 30 heavy (non-hydrogen) atoms. The summed E-state index contributed by atoms with van der Waals surface area (Å²) in [5.41, 5.74) is 3.73. The number of hydrogen-bond acceptors (Lipinski definition) is 6. The number of benzene rings is 2. The van der Waals surface area contributed by atoms with Gasteiger partial charge in [-0.3, -0.25) is 9.59 Å². The first kappa shape index (κ1) is 22.7. The van der Waals surface area contributed by atoms with Gasteiger partial charge in [-0.1, -0.05) is 6.07 Å². The molecule has 0 unspecified atom stereocenters. The van der Waals surface area contributed by atoms with Crippen LogP contribution in [0.15, 0.2) is 47.6 Å². The monoisotopic (exact) mass is 413 g/mol. The Morgan fingerprint density at radius 2 is 1.67 bits per heavy atom. The van der Waals surface area contributed by atoms with Crippen molar-refractivity contribution in [3.8, 4) is 17.2 Å². The number of para-hydroxylation sites is 1. The number of rotatable bonds is 11. The Morgan fingerprint density at radius 1 is 0.967 bits per heavy atom. The zero-order valence-electron chi connectivity index (χ0n) is 17.4. The lowest BCUT2D eigenvalue weighted by molar-refractivity contribution is -0.124. The quantitative estimate of drug-likeness (QED) is 0.435. The van der Waals surface area contributed by atoms with Crippen molar-refractivity contribution in [1.29, 1.82) is 0 Å². The summed E-state index contributed by atoms with van der Waals surface area (Å²) in [5, 5.41) is 6.68. The van der Waals surface area contributed by atoms with E-state index in [1.807, 2.05) is 13.8 Å². The lowest BCUT2D eigenvalue weighted by atomic mass is 10.2. The number of anilines is 1. The number of methoxy groups -OCH3 is 1. The van der Waals surface area contributed by atoms with Gasteiger partial charge in [-0.2, -0.15) is 5.10 Å². The number of hydrogen-bond donors (Lipinski definition) is 2. The minimum absolute atomic E-state index is 0.0105. The topological polar surface area (TPSA) is 98.2 Å². The van der Waals surface area contributed by atoms with Crippen LogP contribution >= 0.6 is 0 Å². The maximum atomic E-state index is 12.0. The van der Waals surface area contributed by atoms with E-state index in [2.05, 4.69) is 15.8 Å². The number of carbonyl (C=O) groups excluding carboxylic acids is 2. The van der Waals surface area contributed by atoms with Crippen LogP contribution in [0.4, 0.5) is 5.69 Å². The van der Waals surface area contributed by atoms with Crippen LogP contribution < -0.4 is 25.0 Å². The fourth-order valence-electron chi connectivity index (χ4n) is 2.58. The third kappa shape index (κ3) is 7.12. The first-order chi connectivity index (χ1) is 14.6. The van der Waals surface area contributed by atoms with Crippen LogP contribution in [0.3, 0.4) is 0 Å². The Balaban J connectivity index is 1.81. The molecule has 2 aromatic carbocycles. The highest BCUT2D eigenvalue weighted by Crippen LogP contribution is 2.29. The number of hydrazone groups is 1. The van der Waals surface area contributed by atoms with Gasteiger partial charge >= 0.3 is 0 Å². The number of amides is 2. The molecule has 2 aromatic rings.